The van der Waals surface area contributed by atoms with Gasteiger partial charge in [0.15, 0.2) is 0 Å². The van der Waals surface area contributed by atoms with E-state index in [1.807, 2.05) is 41.5 Å². The molecule has 0 aromatic rings. The second-order valence-electron chi connectivity index (χ2n) is 70.5. The van der Waals surface area contributed by atoms with Gasteiger partial charge in [-0.15, -0.1) is 0 Å². The van der Waals surface area contributed by atoms with Crippen LogP contribution in [0.5, 0.6) is 0 Å². The molecule has 0 N–H and O–H groups in total. The van der Waals surface area contributed by atoms with Crippen molar-refractivity contribution in [3.63, 3.8) is 0 Å². The van der Waals surface area contributed by atoms with Gasteiger partial charge in [0.2, 0.25) is 5.92 Å². The molecular formula is C135H250F14. The summed E-state index contributed by atoms with van der Waals surface area (Å²) >= 11 is 0. The zero-order valence-electron chi connectivity index (χ0n) is 108. The molecule has 0 heterocycles. The SMILES string of the molecule is CC(C)(C)C(C)(C)C1CC1.CC(C)(C)C(C1CC1)C1CC1.CC(C)(C)C1(C(F)(F)F)CC1.CC(C)(C)C1(C(F)(F)F)CCC1.CC(C)(C)C1(C)CCC1.CC(C)(C)C1CC2(C1)CC(F)(F)C2.CC(C)(C)C1CC2(CCC2)C1.CC(C)(C)CC1(C(F)(F)F)CC1.CC(C)(C)CC1(C(F)(F)F)CCC1.CC(C)(C)CC1(C)CC1.CC(C)(C)CC1CCC1.CC(C1CC1)C(C)(C)C.CC(C1CCC1)C(C)(C)C.CCC(C1CC1)C(C)(C)C. The van der Waals surface area contributed by atoms with Crippen molar-refractivity contribution in [2.75, 3.05) is 0 Å². The van der Waals surface area contributed by atoms with Crippen molar-refractivity contribution in [2.24, 2.45) is 201 Å². The quantitative estimate of drug-likeness (QED) is 0.181. The van der Waals surface area contributed by atoms with Gasteiger partial charge in [0.25, 0.3) is 0 Å². The fourth-order valence-corrected chi connectivity index (χ4v) is 27.0. The van der Waals surface area contributed by atoms with E-state index >= 15 is 0 Å². The van der Waals surface area contributed by atoms with Crippen molar-refractivity contribution in [2.45, 2.75) is 659 Å². The van der Waals surface area contributed by atoms with Crippen molar-refractivity contribution in [3.05, 3.63) is 0 Å². The Balaban J connectivity index is 0.000000334. The van der Waals surface area contributed by atoms with Crippen LogP contribution in [0.3, 0.4) is 0 Å². The van der Waals surface area contributed by atoms with Gasteiger partial charge in [-0.1, -0.05) is 410 Å². The lowest BCUT2D eigenvalue weighted by Gasteiger charge is -2.60. The molecule has 0 radical (unpaired) electrons. The third-order valence-electron chi connectivity index (χ3n) is 41.8. The lowest BCUT2D eigenvalue weighted by molar-refractivity contribution is -0.286. The Morgan fingerprint density at radius 3 is 0.691 bits per heavy atom. The minimum Gasteiger partial charge on any atom is -0.207 e. The average Bonchev–Trinajstić information content (AvgIpc) is 1.49. The predicted octanol–water partition coefficient (Wildman–Crippen LogP) is 49.2. The van der Waals surface area contributed by atoms with E-state index in [-0.39, 0.29) is 41.9 Å². The summed E-state index contributed by atoms with van der Waals surface area (Å²) in [6, 6.07) is 0. The first-order valence-corrected chi connectivity index (χ1v) is 61.6. The molecular weight excluding hydrogens is 1890 g/mol. The summed E-state index contributed by atoms with van der Waals surface area (Å²) in [4.78, 5) is 0. The van der Waals surface area contributed by atoms with Crippen LogP contribution in [0, 0.1) is 201 Å². The highest BCUT2D eigenvalue weighted by molar-refractivity contribution is 5.11. The van der Waals surface area contributed by atoms with Crippen molar-refractivity contribution in [3.8, 4) is 0 Å². The van der Waals surface area contributed by atoms with Crippen molar-refractivity contribution >= 4 is 0 Å². The van der Waals surface area contributed by atoms with Crippen LogP contribution in [0.25, 0.3) is 0 Å². The molecule has 17 aliphatic rings. The lowest BCUT2D eigenvalue weighted by Crippen LogP contribution is -2.55. The molecule has 17 rings (SSSR count). The summed E-state index contributed by atoms with van der Waals surface area (Å²) in [5.41, 5.74) is 0.933. The molecule has 0 amide bonds. The van der Waals surface area contributed by atoms with Crippen LogP contribution in [0.15, 0.2) is 0 Å². The molecule has 149 heavy (non-hydrogen) atoms. The van der Waals surface area contributed by atoms with Crippen LogP contribution in [0.4, 0.5) is 61.5 Å². The molecule has 0 saturated heterocycles. The van der Waals surface area contributed by atoms with Gasteiger partial charge in [-0.05, 0) is 385 Å². The van der Waals surface area contributed by atoms with E-state index < -0.39 is 63.1 Å². The lowest BCUT2D eigenvalue weighted by atomic mass is 9.46. The molecule has 17 fully saturated rings. The summed E-state index contributed by atoms with van der Waals surface area (Å²) < 4.78 is 176. The summed E-state index contributed by atoms with van der Waals surface area (Å²) in [5.74, 6) is 10.7. The monoisotopic (exact) mass is 2140 g/mol. The molecule has 0 bridgehead atoms. The van der Waals surface area contributed by atoms with Crippen molar-refractivity contribution < 1.29 is 61.5 Å². The van der Waals surface area contributed by atoms with Crippen LogP contribution >= 0.6 is 0 Å². The third kappa shape index (κ3) is 44.4. The van der Waals surface area contributed by atoms with E-state index in [1.165, 1.54) is 173 Å². The van der Waals surface area contributed by atoms with Gasteiger partial charge in [0, 0.05) is 12.8 Å². The molecule has 888 valence electrons. The number of rotatable bonds is 11. The number of hydrogen-bond acceptors (Lipinski definition) is 0. The highest BCUT2D eigenvalue weighted by Crippen LogP contribution is 2.71. The summed E-state index contributed by atoms with van der Waals surface area (Å²) in [5, 5.41) is 0. The van der Waals surface area contributed by atoms with Gasteiger partial charge < -0.3 is 0 Å². The minimum absolute atomic E-state index is 0.0570. The Bertz CT molecular complexity index is 3770. The summed E-state index contributed by atoms with van der Waals surface area (Å²) in [7, 11) is 0. The second-order valence-corrected chi connectivity index (χ2v) is 70.5. The van der Waals surface area contributed by atoms with Crippen LogP contribution < -0.4 is 0 Å². The fraction of sp³-hybridized carbons (Fsp3) is 1.00. The van der Waals surface area contributed by atoms with E-state index in [0.29, 0.717) is 122 Å². The van der Waals surface area contributed by atoms with Gasteiger partial charge >= 0.3 is 24.7 Å². The fourth-order valence-electron chi connectivity index (χ4n) is 27.0. The molecule has 0 nitrogen and oxygen atoms in total. The molecule has 14 heteroatoms. The minimum atomic E-state index is -4.02. The van der Waals surface area contributed by atoms with Gasteiger partial charge in [-0.2, -0.15) is 52.7 Å². The maximum Gasteiger partial charge on any atom is 0.395 e. The Labute approximate surface area is 916 Å². The smallest absolute Gasteiger partial charge is 0.207 e. The first kappa shape index (κ1) is 140. The van der Waals surface area contributed by atoms with E-state index in [1.54, 1.807) is 54.4 Å². The van der Waals surface area contributed by atoms with E-state index in [0.717, 1.165) is 108 Å². The van der Waals surface area contributed by atoms with Gasteiger partial charge in [0.05, 0.1) is 21.7 Å². The zero-order chi connectivity index (χ0) is 116. The molecule has 0 aliphatic heterocycles. The first-order valence-electron chi connectivity index (χ1n) is 61.6. The highest BCUT2D eigenvalue weighted by Gasteiger charge is 2.70. The first-order chi connectivity index (χ1) is 66.0. The maximum atomic E-state index is 12.7. The Kier molecular flexibility index (Phi) is 46.8. The largest absolute Gasteiger partial charge is 0.395 e. The van der Waals surface area contributed by atoms with Crippen LogP contribution in [-0.2, 0) is 0 Å². The molecule has 0 aromatic heterocycles. The standard InChI is InChI=1S/C11H18F2.2C11H20.C10H17F3.3C10H20.2C9H15F3.4C9H18.C8H13F3/c1-9(2,3)8-4-10(5-8)6-11(12,13)7-10;1-11(2,3)10(8-4-5-8)9-6-7-9;1-10(2,3)9-7-11(8-9)5-4-6-11;1-8(2,3)7-9(5-4-6-9)10(11,12)13;1-9(2,3)10(4,5)8-6-7-8;1-8(10(2,3)4)9-6-5-7-9;1-5-9(8-6-7-8)10(2,3)4;1-7(2,3)6-8(4-5-8)9(10,11)12;1-7(2,3)8(5-4-6-8)9(10,11)12;1-8(2,3)7-9(4)5-6-9;1-8(2,3)9(4)6-5-7-9;1-7(8-5-6-8)9(2,3)4;1-9(2,3)7-8-5-4-6-8;1-6(2,3)7(4-5-7)8(9,10)11/h8H,4-7H2,1-3H3;8-10H,4-7H2,1-3H3;9H,4-8H2,1-3H3;4-7H2,1-3H3;8H,6-7H2,1-5H3;2*8-9H,5-7H2,1-4H3;2*4-6H2,1-3H3;2*5-7H2,1-4H3;7-8H,5-6H2,1-4H3;8H,4-7H2,1-3H3;4-5H2,1-3H3. The highest BCUT2D eigenvalue weighted by atomic mass is 19.4. The maximum absolute atomic E-state index is 12.7. The molecule has 17 aliphatic carbocycles. The van der Waals surface area contributed by atoms with E-state index in [9.17, 15) is 61.5 Å². The molecule has 2 spiro atoms. The van der Waals surface area contributed by atoms with E-state index in [2.05, 4.69) is 256 Å². The topological polar surface area (TPSA) is 0 Å². The van der Waals surface area contributed by atoms with Crippen LogP contribution in [0.2, 0.25) is 0 Å². The van der Waals surface area contributed by atoms with Crippen LogP contribution in [-0.4, -0.2) is 30.6 Å². The van der Waals surface area contributed by atoms with Gasteiger partial charge in [-0.3, -0.25) is 0 Å². The Morgan fingerprint density at radius 1 is 0.275 bits per heavy atom. The summed E-state index contributed by atoms with van der Waals surface area (Å²) in [6.07, 6.45) is 33.9. The van der Waals surface area contributed by atoms with Gasteiger partial charge in [0.1, 0.15) is 0 Å². The third-order valence-corrected chi connectivity index (χ3v) is 41.8. The van der Waals surface area contributed by atoms with E-state index in [4.69, 9.17) is 0 Å². The van der Waals surface area contributed by atoms with Crippen molar-refractivity contribution in [1.29, 1.82) is 0 Å². The molecule has 3 atom stereocenters. The van der Waals surface area contributed by atoms with Gasteiger partial charge in [-0.25, -0.2) is 8.78 Å². The normalized spacial score (nSPS) is 24.6. The number of halogens is 14. The Morgan fingerprint density at radius 2 is 0.591 bits per heavy atom. The second kappa shape index (κ2) is 49.7. The zero-order valence-corrected chi connectivity index (χ0v) is 108. The summed E-state index contributed by atoms with van der Waals surface area (Å²) in [6.45, 7) is 108. The van der Waals surface area contributed by atoms with Crippen molar-refractivity contribution in [1.82, 2.24) is 0 Å². The molecule has 17 saturated carbocycles. The molecule has 3 unspecified atom stereocenters. The number of alkyl halides is 14. The Hall–Kier alpha value is -0.980. The molecule has 0 aromatic carbocycles. The number of hydrogen-bond donors (Lipinski definition) is 0. The van der Waals surface area contributed by atoms with Crippen LogP contribution in [0.1, 0.15) is 628 Å². The predicted molar refractivity (Wildman–Crippen MR) is 616 cm³/mol. The average molecular weight is 2140 g/mol.